The standard InChI is InChI=1S/C15H21NO2/c1-18-14-7-3-2-6-12(14)10-13(17)11-15(16)8-4-5-9-15/h2-3,6-7H,4-5,8-11,16H2,1H3. The molecule has 0 aromatic heterocycles. The van der Waals surface area contributed by atoms with Gasteiger partial charge >= 0.3 is 0 Å². The quantitative estimate of drug-likeness (QED) is 0.869. The molecule has 3 nitrogen and oxygen atoms in total. The van der Waals surface area contributed by atoms with Crippen LogP contribution in [0.5, 0.6) is 5.75 Å². The predicted molar refractivity (Wildman–Crippen MR) is 71.7 cm³/mol. The average Bonchev–Trinajstić information content (AvgIpc) is 2.76. The van der Waals surface area contributed by atoms with E-state index in [2.05, 4.69) is 0 Å². The number of nitrogens with two attached hydrogens (primary N) is 1. The van der Waals surface area contributed by atoms with Crippen molar-refractivity contribution < 1.29 is 9.53 Å². The summed E-state index contributed by atoms with van der Waals surface area (Å²) >= 11 is 0. The first kappa shape index (κ1) is 13.1. The summed E-state index contributed by atoms with van der Waals surface area (Å²) in [5.74, 6) is 0.993. The van der Waals surface area contributed by atoms with Gasteiger partial charge in [-0.1, -0.05) is 31.0 Å². The summed E-state index contributed by atoms with van der Waals surface area (Å²) in [7, 11) is 1.63. The largest absolute Gasteiger partial charge is 0.496 e. The van der Waals surface area contributed by atoms with Crippen molar-refractivity contribution in [3.63, 3.8) is 0 Å². The van der Waals surface area contributed by atoms with E-state index in [0.717, 1.165) is 37.0 Å². The van der Waals surface area contributed by atoms with Crippen LogP contribution < -0.4 is 10.5 Å². The SMILES string of the molecule is COc1ccccc1CC(=O)CC1(N)CCCC1. The second kappa shape index (κ2) is 5.53. The highest BCUT2D eigenvalue weighted by molar-refractivity contribution is 5.82. The average molecular weight is 247 g/mol. The molecule has 98 valence electrons. The number of methoxy groups -OCH3 is 1. The van der Waals surface area contributed by atoms with Gasteiger partial charge in [-0.05, 0) is 18.9 Å². The fraction of sp³-hybridized carbons (Fsp3) is 0.533. The number of carbonyl (C=O) groups is 1. The molecule has 0 spiro atoms. The summed E-state index contributed by atoms with van der Waals surface area (Å²) < 4.78 is 5.26. The lowest BCUT2D eigenvalue weighted by molar-refractivity contribution is -0.119. The Morgan fingerprint density at radius 3 is 2.67 bits per heavy atom. The van der Waals surface area contributed by atoms with E-state index in [1.54, 1.807) is 7.11 Å². The van der Waals surface area contributed by atoms with E-state index in [0.29, 0.717) is 12.8 Å². The molecule has 0 saturated heterocycles. The molecule has 0 bridgehead atoms. The van der Waals surface area contributed by atoms with Crippen molar-refractivity contribution >= 4 is 5.78 Å². The lowest BCUT2D eigenvalue weighted by Crippen LogP contribution is -2.39. The van der Waals surface area contributed by atoms with Gasteiger partial charge in [0.25, 0.3) is 0 Å². The fourth-order valence-electron chi connectivity index (χ4n) is 2.77. The van der Waals surface area contributed by atoms with Crippen LogP contribution in [-0.4, -0.2) is 18.4 Å². The van der Waals surface area contributed by atoms with Crippen LogP contribution >= 0.6 is 0 Å². The molecule has 1 aromatic rings. The van der Waals surface area contributed by atoms with Gasteiger partial charge in [-0.3, -0.25) is 4.79 Å². The third-order valence-corrected chi connectivity index (χ3v) is 3.73. The highest BCUT2D eigenvalue weighted by atomic mass is 16.5. The van der Waals surface area contributed by atoms with Crippen LogP contribution in [0, 0.1) is 0 Å². The van der Waals surface area contributed by atoms with Gasteiger partial charge in [0.15, 0.2) is 0 Å². The van der Waals surface area contributed by atoms with Crippen molar-refractivity contribution in [2.45, 2.75) is 44.1 Å². The van der Waals surface area contributed by atoms with Gasteiger partial charge in [-0.2, -0.15) is 0 Å². The van der Waals surface area contributed by atoms with Crippen molar-refractivity contribution in [1.29, 1.82) is 0 Å². The Bertz CT molecular complexity index is 422. The Kier molecular flexibility index (Phi) is 4.02. The number of hydrogen-bond donors (Lipinski definition) is 1. The van der Waals surface area contributed by atoms with Gasteiger partial charge in [0.05, 0.1) is 7.11 Å². The Labute approximate surface area is 108 Å². The first-order valence-corrected chi connectivity index (χ1v) is 6.55. The smallest absolute Gasteiger partial charge is 0.139 e. The van der Waals surface area contributed by atoms with Crippen molar-refractivity contribution in [2.75, 3.05) is 7.11 Å². The first-order valence-electron chi connectivity index (χ1n) is 6.55. The minimum absolute atomic E-state index is 0.212. The maximum Gasteiger partial charge on any atom is 0.139 e. The normalized spacial score (nSPS) is 17.7. The van der Waals surface area contributed by atoms with Gasteiger partial charge in [0, 0.05) is 23.9 Å². The van der Waals surface area contributed by atoms with E-state index in [9.17, 15) is 4.79 Å². The van der Waals surface area contributed by atoms with Gasteiger partial charge < -0.3 is 10.5 Å². The molecule has 1 aliphatic carbocycles. The summed E-state index contributed by atoms with van der Waals surface area (Å²) in [5, 5.41) is 0. The molecule has 1 fully saturated rings. The Hall–Kier alpha value is -1.35. The summed E-state index contributed by atoms with van der Waals surface area (Å²) in [6.45, 7) is 0. The lowest BCUT2D eigenvalue weighted by Gasteiger charge is -2.22. The third kappa shape index (κ3) is 3.10. The Balaban J connectivity index is 1.98. The molecule has 3 heteroatoms. The number of hydrogen-bond acceptors (Lipinski definition) is 3. The molecule has 0 unspecified atom stereocenters. The number of para-hydroxylation sites is 1. The van der Waals surface area contributed by atoms with Gasteiger partial charge in [0.2, 0.25) is 0 Å². The van der Waals surface area contributed by atoms with E-state index in [4.69, 9.17) is 10.5 Å². The zero-order valence-corrected chi connectivity index (χ0v) is 10.9. The number of carbonyl (C=O) groups excluding carboxylic acids is 1. The van der Waals surface area contributed by atoms with Crippen molar-refractivity contribution in [2.24, 2.45) is 5.73 Å². The molecule has 0 radical (unpaired) electrons. The van der Waals surface area contributed by atoms with Crippen LogP contribution in [0.3, 0.4) is 0 Å². The maximum atomic E-state index is 12.1. The van der Waals surface area contributed by atoms with Crippen molar-refractivity contribution in [3.8, 4) is 5.75 Å². The fourth-order valence-corrected chi connectivity index (χ4v) is 2.77. The van der Waals surface area contributed by atoms with E-state index in [1.165, 1.54) is 0 Å². The van der Waals surface area contributed by atoms with Gasteiger partial charge in [-0.25, -0.2) is 0 Å². The van der Waals surface area contributed by atoms with Crippen LogP contribution in [0.1, 0.15) is 37.7 Å². The Morgan fingerprint density at radius 1 is 1.33 bits per heavy atom. The number of ether oxygens (including phenoxy) is 1. The van der Waals surface area contributed by atoms with Crippen LogP contribution in [0.25, 0.3) is 0 Å². The minimum Gasteiger partial charge on any atom is -0.496 e. The first-order chi connectivity index (χ1) is 8.63. The van der Waals surface area contributed by atoms with Crippen LogP contribution in [0.4, 0.5) is 0 Å². The van der Waals surface area contributed by atoms with Gasteiger partial charge in [-0.15, -0.1) is 0 Å². The van der Waals surface area contributed by atoms with Crippen LogP contribution in [0.15, 0.2) is 24.3 Å². The number of Topliss-reactive ketones (excluding diaryl/α,β-unsaturated/α-hetero) is 1. The van der Waals surface area contributed by atoms with Crippen molar-refractivity contribution in [3.05, 3.63) is 29.8 Å². The highest BCUT2D eigenvalue weighted by Gasteiger charge is 2.31. The summed E-state index contributed by atoms with van der Waals surface area (Å²) in [5.41, 5.74) is 6.93. The Morgan fingerprint density at radius 2 is 2.00 bits per heavy atom. The van der Waals surface area contributed by atoms with Crippen molar-refractivity contribution in [1.82, 2.24) is 0 Å². The molecule has 2 rings (SSSR count). The molecule has 1 aromatic carbocycles. The summed E-state index contributed by atoms with van der Waals surface area (Å²) in [6, 6.07) is 7.66. The molecule has 18 heavy (non-hydrogen) atoms. The van der Waals surface area contributed by atoms with E-state index in [-0.39, 0.29) is 11.3 Å². The monoisotopic (exact) mass is 247 g/mol. The molecule has 0 heterocycles. The van der Waals surface area contributed by atoms with E-state index < -0.39 is 0 Å². The molecule has 0 atom stereocenters. The zero-order valence-electron chi connectivity index (χ0n) is 10.9. The lowest BCUT2D eigenvalue weighted by atomic mass is 9.90. The number of benzene rings is 1. The zero-order chi connectivity index (χ0) is 13.0. The summed E-state index contributed by atoms with van der Waals surface area (Å²) in [6.07, 6.45) is 5.17. The molecule has 1 aliphatic rings. The molecule has 2 N–H and O–H groups in total. The molecule has 1 saturated carbocycles. The predicted octanol–water partition coefficient (Wildman–Crippen LogP) is 2.47. The summed E-state index contributed by atoms with van der Waals surface area (Å²) in [4.78, 5) is 12.1. The topological polar surface area (TPSA) is 52.3 Å². The second-order valence-electron chi connectivity index (χ2n) is 5.27. The number of ketones is 1. The second-order valence-corrected chi connectivity index (χ2v) is 5.27. The van der Waals surface area contributed by atoms with Crippen LogP contribution in [-0.2, 0) is 11.2 Å². The maximum absolute atomic E-state index is 12.1. The molecule has 0 amide bonds. The van der Waals surface area contributed by atoms with Crippen LogP contribution in [0.2, 0.25) is 0 Å². The molecular weight excluding hydrogens is 226 g/mol. The van der Waals surface area contributed by atoms with E-state index in [1.807, 2.05) is 24.3 Å². The molecule has 0 aliphatic heterocycles. The minimum atomic E-state index is -0.251. The van der Waals surface area contributed by atoms with Gasteiger partial charge in [0.1, 0.15) is 11.5 Å². The highest BCUT2D eigenvalue weighted by Crippen LogP contribution is 2.31. The molecular formula is C15H21NO2. The number of rotatable bonds is 5. The third-order valence-electron chi connectivity index (χ3n) is 3.73. The van der Waals surface area contributed by atoms with E-state index >= 15 is 0 Å².